The number of rotatable bonds is 6. The topological polar surface area (TPSA) is 70.8 Å². The molecule has 0 spiro atoms. The smallest absolute Gasteiger partial charge is 0.339 e. The Morgan fingerprint density at radius 2 is 2.03 bits per heavy atom. The first-order valence-corrected chi connectivity index (χ1v) is 12.8. The Hall–Kier alpha value is -1.38. The molecule has 8 heteroatoms. The SMILES string of the molecule is CCCCc1c(C)c2cc(Br)c(O)c(C(=O)C(C)SC(=S)N3CCCCC3)c2oc1=O. The van der Waals surface area contributed by atoms with Crippen LogP contribution >= 0.6 is 39.9 Å². The monoisotopic (exact) mass is 525 g/mol. The number of hydrogen-bond acceptors (Lipinski definition) is 6. The van der Waals surface area contributed by atoms with Gasteiger partial charge in [0.1, 0.15) is 15.6 Å². The van der Waals surface area contributed by atoms with Crippen molar-refractivity contribution in [3.63, 3.8) is 0 Å². The van der Waals surface area contributed by atoms with Gasteiger partial charge in [0.25, 0.3) is 0 Å². The summed E-state index contributed by atoms with van der Waals surface area (Å²) in [5.74, 6) is -0.519. The minimum absolute atomic E-state index is 0.0352. The second-order valence-electron chi connectivity index (χ2n) is 7.99. The first kappa shape index (κ1) is 24.3. The zero-order valence-corrected chi connectivity index (χ0v) is 21.3. The predicted molar refractivity (Wildman–Crippen MR) is 135 cm³/mol. The van der Waals surface area contributed by atoms with E-state index in [4.69, 9.17) is 16.6 Å². The summed E-state index contributed by atoms with van der Waals surface area (Å²) in [6.07, 6.45) is 5.87. The third-order valence-corrected chi connectivity index (χ3v) is 7.97. The minimum Gasteiger partial charge on any atom is -0.506 e. The van der Waals surface area contributed by atoms with Gasteiger partial charge in [-0.1, -0.05) is 37.3 Å². The van der Waals surface area contributed by atoms with Crippen LogP contribution in [0.1, 0.15) is 67.4 Å². The predicted octanol–water partition coefficient (Wildman–Crippen LogP) is 5.99. The molecule has 1 atom stereocenters. The lowest BCUT2D eigenvalue weighted by atomic mass is 9.97. The molecule has 1 saturated heterocycles. The molecule has 1 aromatic heterocycles. The minimum atomic E-state index is -0.525. The highest BCUT2D eigenvalue weighted by molar-refractivity contribution is 9.10. The van der Waals surface area contributed by atoms with Gasteiger partial charge in [-0.15, -0.1) is 0 Å². The molecule has 1 unspecified atom stereocenters. The standard InChI is InChI=1S/C23H28BrNO4S2/c1-4-5-9-15-13(2)16-12-17(24)20(27)18(21(16)29-22(15)28)19(26)14(3)31-23(30)25-10-7-6-8-11-25/h12,14,27H,4-11H2,1-3H3. The highest BCUT2D eigenvalue weighted by Gasteiger charge is 2.29. The van der Waals surface area contributed by atoms with E-state index < -0.39 is 10.9 Å². The van der Waals surface area contributed by atoms with Gasteiger partial charge in [0.15, 0.2) is 11.4 Å². The quantitative estimate of drug-likeness (QED) is 0.282. The number of carbonyl (C=O) groups is 1. The zero-order valence-electron chi connectivity index (χ0n) is 18.1. The Labute approximate surface area is 200 Å². The number of piperidine rings is 1. The maximum atomic E-state index is 13.4. The van der Waals surface area contributed by atoms with Crippen molar-refractivity contribution in [1.82, 2.24) is 4.90 Å². The highest BCUT2D eigenvalue weighted by Crippen LogP contribution is 2.38. The molecule has 1 fully saturated rings. The number of likely N-dealkylation sites (tertiary alicyclic amines) is 1. The first-order valence-electron chi connectivity index (χ1n) is 10.7. The fraction of sp³-hybridized carbons (Fsp3) is 0.522. The van der Waals surface area contributed by atoms with Gasteiger partial charge < -0.3 is 14.4 Å². The summed E-state index contributed by atoms with van der Waals surface area (Å²) in [6.45, 7) is 7.53. The van der Waals surface area contributed by atoms with E-state index in [-0.39, 0.29) is 22.7 Å². The molecule has 168 valence electrons. The van der Waals surface area contributed by atoms with Gasteiger partial charge in [-0.05, 0) is 73.5 Å². The molecule has 0 aliphatic carbocycles. The first-order chi connectivity index (χ1) is 14.8. The number of phenols is 1. The summed E-state index contributed by atoms with van der Waals surface area (Å²) in [6, 6.07) is 1.71. The molecule has 1 N–H and O–H groups in total. The number of ketones is 1. The molecule has 3 rings (SSSR count). The molecular weight excluding hydrogens is 498 g/mol. The number of fused-ring (bicyclic) bond motifs is 1. The molecule has 0 bridgehead atoms. The lowest BCUT2D eigenvalue weighted by molar-refractivity contribution is 0.0992. The average molecular weight is 527 g/mol. The van der Waals surface area contributed by atoms with Gasteiger partial charge in [-0.25, -0.2) is 4.79 Å². The van der Waals surface area contributed by atoms with E-state index in [1.54, 1.807) is 13.0 Å². The Bertz CT molecular complexity index is 1060. The van der Waals surface area contributed by atoms with Crippen molar-refractivity contribution < 1.29 is 14.3 Å². The van der Waals surface area contributed by atoms with E-state index in [1.807, 2.05) is 6.92 Å². The van der Waals surface area contributed by atoms with Crippen LogP contribution in [0.15, 0.2) is 19.8 Å². The van der Waals surface area contributed by atoms with E-state index in [0.29, 0.717) is 26.2 Å². The van der Waals surface area contributed by atoms with Crippen molar-refractivity contribution in [2.75, 3.05) is 13.1 Å². The molecule has 0 radical (unpaired) electrons. The van der Waals surface area contributed by atoms with Crippen LogP contribution in [-0.4, -0.2) is 38.4 Å². The van der Waals surface area contributed by atoms with Crippen LogP contribution in [0.5, 0.6) is 5.75 Å². The molecule has 1 aliphatic heterocycles. The van der Waals surface area contributed by atoms with Gasteiger partial charge in [0.2, 0.25) is 0 Å². The molecule has 31 heavy (non-hydrogen) atoms. The lowest BCUT2D eigenvalue weighted by Crippen LogP contribution is -2.34. The third-order valence-electron chi connectivity index (χ3n) is 5.79. The van der Waals surface area contributed by atoms with Gasteiger partial charge in [-0.3, -0.25) is 4.79 Å². The zero-order chi connectivity index (χ0) is 22.7. The Morgan fingerprint density at radius 3 is 2.68 bits per heavy atom. The number of halogens is 1. The van der Waals surface area contributed by atoms with Crippen LogP contribution in [0.3, 0.4) is 0 Å². The van der Waals surface area contributed by atoms with Gasteiger partial charge in [0, 0.05) is 24.0 Å². The van der Waals surface area contributed by atoms with Crippen molar-refractivity contribution in [2.45, 2.75) is 64.5 Å². The number of unbranched alkanes of at least 4 members (excludes halogenated alkanes) is 1. The number of phenolic OH excluding ortho intramolecular Hbond substituents is 1. The fourth-order valence-corrected chi connectivity index (χ4v) is 5.81. The summed E-state index contributed by atoms with van der Waals surface area (Å²) >= 11 is 10.2. The molecule has 0 amide bonds. The van der Waals surface area contributed by atoms with Crippen LogP contribution in [0, 0.1) is 6.92 Å². The highest BCUT2D eigenvalue weighted by atomic mass is 79.9. The normalized spacial score (nSPS) is 15.3. The van der Waals surface area contributed by atoms with Gasteiger partial charge >= 0.3 is 5.63 Å². The van der Waals surface area contributed by atoms with E-state index in [2.05, 4.69) is 27.8 Å². The number of nitrogens with zero attached hydrogens (tertiary/aromatic N) is 1. The van der Waals surface area contributed by atoms with E-state index in [0.717, 1.165) is 44.3 Å². The second kappa shape index (κ2) is 10.5. The Kier molecular flexibility index (Phi) is 8.21. The molecule has 1 aliphatic rings. The van der Waals surface area contributed by atoms with Gasteiger partial charge in [-0.2, -0.15) is 0 Å². The van der Waals surface area contributed by atoms with E-state index >= 15 is 0 Å². The van der Waals surface area contributed by atoms with E-state index in [9.17, 15) is 14.7 Å². The van der Waals surface area contributed by atoms with Crippen molar-refractivity contribution in [3.05, 3.63) is 37.6 Å². The molecule has 1 aromatic carbocycles. The fourth-order valence-electron chi connectivity index (χ4n) is 3.91. The van der Waals surface area contributed by atoms with Crippen LogP contribution in [0.25, 0.3) is 11.0 Å². The maximum absolute atomic E-state index is 13.4. The number of benzene rings is 1. The summed E-state index contributed by atoms with van der Waals surface area (Å²) in [5, 5.41) is 10.8. The third kappa shape index (κ3) is 5.17. The summed E-state index contributed by atoms with van der Waals surface area (Å²) in [4.78, 5) is 28.2. The maximum Gasteiger partial charge on any atom is 0.339 e. The number of thioether (sulfide) groups is 1. The average Bonchev–Trinajstić information content (AvgIpc) is 2.75. The Morgan fingerprint density at radius 1 is 1.35 bits per heavy atom. The summed E-state index contributed by atoms with van der Waals surface area (Å²) < 4.78 is 6.71. The van der Waals surface area contributed by atoms with Crippen LogP contribution < -0.4 is 5.63 Å². The molecule has 2 heterocycles. The molecule has 2 aromatic rings. The summed E-state index contributed by atoms with van der Waals surface area (Å²) in [5.41, 5.74) is 1.15. The Balaban J connectivity index is 2.00. The summed E-state index contributed by atoms with van der Waals surface area (Å²) in [7, 11) is 0. The van der Waals surface area contributed by atoms with Crippen molar-refractivity contribution in [2.24, 2.45) is 0 Å². The number of thiocarbonyl (C=S) groups is 1. The largest absolute Gasteiger partial charge is 0.506 e. The van der Waals surface area contributed by atoms with Crippen LogP contribution in [0.2, 0.25) is 0 Å². The molecule has 0 saturated carbocycles. The van der Waals surface area contributed by atoms with Crippen LogP contribution in [0.4, 0.5) is 0 Å². The van der Waals surface area contributed by atoms with Crippen molar-refractivity contribution in [1.29, 1.82) is 0 Å². The van der Waals surface area contributed by atoms with Crippen molar-refractivity contribution in [3.8, 4) is 5.75 Å². The van der Waals surface area contributed by atoms with E-state index in [1.165, 1.54) is 18.2 Å². The van der Waals surface area contributed by atoms with Gasteiger partial charge in [0.05, 0.1) is 9.72 Å². The number of hydrogen-bond donors (Lipinski definition) is 1. The number of aryl methyl sites for hydroxylation is 1. The lowest BCUT2D eigenvalue weighted by Gasteiger charge is -2.29. The molecular formula is C23H28BrNO4S2. The van der Waals surface area contributed by atoms with Crippen LogP contribution in [-0.2, 0) is 6.42 Å². The molecule has 5 nitrogen and oxygen atoms in total. The number of Topliss-reactive ketones (excluding diaryl/α,β-unsaturated/α-hetero) is 1. The number of aromatic hydroxyl groups is 1. The number of carbonyl (C=O) groups excluding carboxylic acids is 1. The van der Waals surface area contributed by atoms with Crippen molar-refractivity contribution >= 4 is 61.0 Å². The second-order valence-corrected chi connectivity index (χ2v) is 10.8.